The summed E-state index contributed by atoms with van der Waals surface area (Å²) in [7, 11) is -3.15. The lowest BCUT2D eigenvalue weighted by Crippen LogP contribution is -1.93. The van der Waals surface area contributed by atoms with Gasteiger partial charge >= 0.3 is 7.82 Å². The third kappa shape index (κ3) is 9.12. The lowest BCUT2D eigenvalue weighted by atomic mass is 10.0. The fraction of sp³-hybridized carbons (Fsp3) is 1.00. The number of hydrogen-bond donors (Lipinski definition) is 0. The molecule has 0 aromatic rings. The van der Waals surface area contributed by atoms with Gasteiger partial charge in [-0.25, -0.2) is 4.57 Å². The van der Waals surface area contributed by atoms with Gasteiger partial charge in [-0.1, -0.05) is 65.2 Å². The van der Waals surface area contributed by atoms with Crippen LogP contribution in [0, 0.1) is 5.92 Å². The minimum atomic E-state index is -3.15. The third-order valence-electron chi connectivity index (χ3n) is 3.51. The van der Waals surface area contributed by atoms with Gasteiger partial charge in [-0.05, 0) is 12.3 Å². The molecule has 0 unspecified atom stereocenters. The van der Waals surface area contributed by atoms with Crippen LogP contribution < -0.4 is 0 Å². The van der Waals surface area contributed by atoms with Crippen molar-refractivity contribution < 1.29 is 18.1 Å². The van der Waals surface area contributed by atoms with Crippen molar-refractivity contribution in [2.24, 2.45) is 5.92 Å². The minimum Gasteiger partial charge on any atom is -0.287 e. The lowest BCUT2D eigenvalue weighted by Gasteiger charge is -2.09. The van der Waals surface area contributed by atoms with E-state index in [0.717, 1.165) is 18.8 Å². The Morgan fingerprint density at radius 1 is 0.900 bits per heavy atom. The summed E-state index contributed by atoms with van der Waals surface area (Å²) in [6, 6.07) is 0. The Labute approximate surface area is 124 Å². The molecule has 1 aliphatic rings. The van der Waals surface area contributed by atoms with Crippen LogP contribution in [0.1, 0.15) is 71.6 Å². The van der Waals surface area contributed by atoms with Gasteiger partial charge in [0.15, 0.2) is 0 Å². The van der Waals surface area contributed by atoms with Gasteiger partial charge < -0.3 is 0 Å². The van der Waals surface area contributed by atoms with Gasteiger partial charge in [0.05, 0.1) is 19.8 Å². The minimum absolute atomic E-state index is 0.383. The van der Waals surface area contributed by atoms with E-state index in [9.17, 15) is 4.57 Å². The zero-order chi connectivity index (χ0) is 14.7. The summed E-state index contributed by atoms with van der Waals surface area (Å²) in [5, 5.41) is 0. The topological polar surface area (TPSA) is 44.8 Å². The van der Waals surface area contributed by atoms with E-state index in [1.54, 1.807) is 0 Å². The molecule has 4 nitrogen and oxygen atoms in total. The Hall–Kier alpha value is 0.110. The summed E-state index contributed by atoms with van der Waals surface area (Å²) >= 11 is 0. The van der Waals surface area contributed by atoms with E-state index in [2.05, 4.69) is 13.8 Å². The van der Waals surface area contributed by atoms with Gasteiger partial charge in [-0.2, -0.15) is 0 Å². The summed E-state index contributed by atoms with van der Waals surface area (Å²) in [6.45, 7) is 5.82. The third-order valence-corrected chi connectivity index (χ3v) is 5.00. The second-order valence-electron chi connectivity index (χ2n) is 5.96. The average Bonchev–Trinajstić information content (AvgIpc) is 2.83. The van der Waals surface area contributed by atoms with Gasteiger partial charge in [0.1, 0.15) is 0 Å². The maximum absolute atomic E-state index is 11.6. The number of rotatable bonds is 12. The Kier molecular flexibility index (Phi) is 9.79. The van der Waals surface area contributed by atoms with Crippen molar-refractivity contribution in [3.8, 4) is 0 Å². The van der Waals surface area contributed by atoms with Crippen LogP contribution in [0.4, 0.5) is 0 Å². The smallest absolute Gasteiger partial charge is 0.287 e. The van der Waals surface area contributed by atoms with Crippen molar-refractivity contribution in [2.45, 2.75) is 71.6 Å². The molecule has 1 saturated heterocycles. The van der Waals surface area contributed by atoms with Gasteiger partial charge in [0, 0.05) is 0 Å². The predicted octanol–water partition coefficient (Wildman–Crippen LogP) is 5.32. The van der Waals surface area contributed by atoms with Crippen molar-refractivity contribution in [1.29, 1.82) is 0 Å². The zero-order valence-electron chi connectivity index (χ0n) is 13.1. The second kappa shape index (κ2) is 10.8. The van der Waals surface area contributed by atoms with Crippen LogP contribution in [0.3, 0.4) is 0 Å². The van der Waals surface area contributed by atoms with Gasteiger partial charge in [0.2, 0.25) is 0 Å². The van der Waals surface area contributed by atoms with Crippen LogP contribution in [0.2, 0.25) is 0 Å². The predicted molar refractivity (Wildman–Crippen MR) is 81.9 cm³/mol. The van der Waals surface area contributed by atoms with Gasteiger partial charge in [-0.3, -0.25) is 13.6 Å². The molecule has 1 fully saturated rings. The Morgan fingerprint density at radius 2 is 1.40 bits per heavy atom. The lowest BCUT2D eigenvalue weighted by molar-refractivity contribution is 0.187. The largest absolute Gasteiger partial charge is 0.474 e. The number of hydrogen-bond acceptors (Lipinski definition) is 4. The van der Waals surface area contributed by atoms with E-state index in [-0.39, 0.29) is 0 Å². The summed E-state index contributed by atoms with van der Waals surface area (Å²) in [4.78, 5) is 0. The van der Waals surface area contributed by atoms with E-state index in [4.69, 9.17) is 13.6 Å². The van der Waals surface area contributed by atoms with E-state index in [0.29, 0.717) is 19.8 Å². The molecule has 0 bridgehead atoms. The Balaban J connectivity index is 1.77. The van der Waals surface area contributed by atoms with Gasteiger partial charge in [0.25, 0.3) is 0 Å². The fourth-order valence-electron chi connectivity index (χ4n) is 2.30. The SMILES string of the molecule is CC(C)CCCCCCCCCCOP1(=O)OCCO1. The zero-order valence-corrected chi connectivity index (χ0v) is 14.0. The first-order chi connectivity index (χ1) is 9.62. The molecule has 0 atom stereocenters. The molecular formula is C15H31O4P. The standard InChI is InChI=1S/C15H31O4P/c1-15(2)11-9-7-5-3-4-6-8-10-12-17-20(16)18-13-14-19-20/h15H,3-14H2,1-2H3. The number of phosphoric acid groups is 1. The highest BCUT2D eigenvalue weighted by atomic mass is 31.2. The van der Waals surface area contributed by atoms with Crippen molar-refractivity contribution in [1.82, 2.24) is 0 Å². The van der Waals surface area contributed by atoms with Crippen LogP contribution >= 0.6 is 7.82 Å². The fourth-order valence-corrected chi connectivity index (χ4v) is 3.47. The Morgan fingerprint density at radius 3 is 1.95 bits per heavy atom. The molecule has 0 saturated carbocycles. The highest BCUT2D eigenvalue weighted by Crippen LogP contribution is 2.52. The summed E-state index contributed by atoms with van der Waals surface area (Å²) < 4.78 is 26.7. The van der Waals surface area contributed by atoms with Crippen LogP contribution in [0.5, 0.6) is 0 Å². The van der Waals surface area contributed by atoms with Crippen molar-refractivity contribution in [2.75, 3.05) is 19.8 Å². The molecule has 1 rings (SSSR count). The molecule has 0 amide bonds. The van der Waals surface area contributed by atoms with Crippen molar-refractivity contribution >= 4 is 7.82 Å². The number of phosphoric ester groups is 1. The number of unbranched alkanes of at least 4 members (excludes halogenated alkanes) is 7. The molecule has 120 valence electrons. The van der Waals surface area contributed by atoms with Gasteiger partial charge in [-0.15, -0.1) is 0 Å². The van der Waals surface area contributed by atoms with Crippen molar-refractivity contribution in [3.05, 3.63) is 0 Å². The molecule has 5 heteroatoms. The molecule has 1 aliphatic heterocycles. The molecular weight excluding hydrogens is 275 g/mol. The molecule has 0 aromatic heterocycles. The normalized spacial score (nSPS) is 17.9. The van der Waals surface area contributed by atoms with E-state index in [1.807, 2.05) is 0 Å². The second-order valence-corrected chi connectivity index (χ2v) is 7.63. The first kappa shape index (κ1) is 18.2. The summed E-state index contributed by atoms with van der Waals surface area (Å²) in [6.07, 6.45) is 11.4. The molecule has 0 N–H and O–H groups in total. The molecule has 20 heavy (non-hydrogen) atoms. The summed E-state index contributed by atoms with van der Waals surface area (Å²) in [5.74, 6) is 0.843. The maximum Gasteiger partial charge on any atom is 0.474 e. The van der Waals surface area contributed by atoms with E-state index >= 15 is 0 Å². The van der Waals surface area contributed by atoms with Crippen LogP contribution in [0.25, 0.3) is 0 Å². The monoisotopic (exact) mass is 306 g/mol. The quantitative estimate of drug-likeness (QED) is 0.361. The average molecular weight is 306 g/mol. The molecule has 1 heterocycles. The highest BCUT2D eigenvalue weighted by molar-refractivity contribution is 7.48. The van der Waals surface area contributed by atoms with E-state index < -0.39 is 7.82 Å². The molecule has 0 radical (unpaired) electrons. The highest BCUT2D eigenvalue weighted by Gasteiger charge is 2.31. The molecule has 0 aromatic carbocycles. The van der Waals surface area contributed by atoms with Crippen molar-refractivity contribution in [3.63, 3.8) is 0 Å². The van der Waals surface area contributed by atoms with E-state index in [1.165, 1.54) is 44.9 Å². The first-order valence-corrected chi connectivity index (χ1v) is 9.62. The summed E-state index contributed by atoms with van der Waals surface area (Å²) in [5.41, 5.74) is 0. The Bertz CT molecular complexity index is 271. The van der Waals surface area contributed by atoms with Crippen LogP contribution in [-0.2, 0) is 18.1 Å². The van der Waals surface area contributed by atoms with Crippen LogP contribution in [-0.4, -0.2) is 19.8 Å². The first-order valence-electron chi connectivity index (χ1n) is 8.16. The molecule has 0 spiro atoms. The maximum atomic E-state index is 11.6. The molecule has 0 aliphatic carbocycles. The van der Waals surface area contributed by atoms with Crippen LogP contribution in [0.15, 0.2) is 0 Å².